The molecule has 0 aliphatic carbocycles. The van der Waals surface area contributed by atoms with Gasteiger partial charge in [0.2, 0.25) is 0 Å². The molecule has 106 valence electrons. The molecule has 2 aromatic rings. The molecule has 0 unspecified atom stereocenters. The second kappa shape index (κ2) is 5.77. The molecule has 0 atom stereocenters. The molecule has 0 fully saturated rings. The van der Waals surface area contributed by atoms with Crippen molar-refractivity contribution in [2.45, 2.75) is 33.1 Å². The van der Waals surface area contributed by atoms with Crippen molar-refractivity contribution in [2.24, 2.45) is 7.05 Å². The Hall–Kier alpha value is -1.65. The molecule has 1 aromatic heterocycles. The number of ether oxygens (including phenoxy) is 1. The Balaban J connectivity index is 1.66. The molecule has 0 spiro atoms. The quantitative estimate of drug-likeness (QED) is 0.925. The second-order valence-corrected chi connectivity index (χ2v) is 5.34. The van der Waals surface area contributed by atoms with Crippen molar-refractivity contribution < 1.29 is 4.74 Å². The third-order valence-electron chi connectivity index (χ3n) is 3.96. The SMILES string of the molecule is Cc1ccccc1COCc1nn(C)c2c1CNCC2. The van der Waals surface area contributed by atoms with E-state index in [2.05, 4.69) is 41.6 Å². The van der Waals surface area contributed by atoms with Crippen LogP contribution in [-0.4, -0.2) is 16.3 Å². The summed E-state index contributed by atoms with van der Waals surface area (Å²) in [5.41, 5.74) is 6.26. The molecular weight excluding hydrogens is 250 g/mol. The minimum atomic E-state index is 0.583. The molecular formula is C16H21N3O. The van der Waals surface area contributed by atoms with Crippen LogP contribution in [0.1, 0.15) is 28.1 Å². The highest BCUT2D eigenvalue weighted by Crippen LogP contribution is 2.19. The van der Waals surface area contributed by atoms with Gasteiger partial charge in [-0.25, -0.2) is 0 Å². The molecule has 1 aliphatic rings. The zero-order valence-electron chi connectivity index (χ0n) is 12.1. The van der Waals surface area contributed by atoms with E-state index in [9.17, 15) is 0 Å². The van der Waals surface area contributed by atoms with Gasteiger partial charge in [-0.2, -0.15) is 5.10 Å². The van der Waals surface area contributed by atoms with Gasteiger partial charge >= 0.3 is 0 Å². The smallest absolute Gasteiger partial charge is 0.0929 e. The van der Waals surface area contributed by atoms with Gasteiger partial charge in [-0.15, -0.1) is 0 Å². The lowest BCUT2D eigenvalue weighted by Crippen LogP contribution is -2.24. The molecule has 4 nitrogen and oxygen atoms in total. The highest BCUT2D eigenvalue weighted by atomic mass is 16.5. The lowest BCUT2D eigenvalue weighted by atomic mass is 10.1. The average molecular weight is 271 g/mol. The lowest BCUT2D eigenvalue weighted by Gasteiger charge is -2.14. The minimum Gasteiger partial charge on any atom is -0.370 e. The number of aromatic nitrogens is 2. The zero-order valence-corrected chi connectivity index (χ0v) is 12.1. The monoisotopic (exact) mass is 271 g/mol. The summed E-state index contributed by atoms with van der Waals surface area (Å²) in [5, 5.41) is 8.00. The van der Waals surface area contributed by atoms with E-state index in [4.69, 9.17) is 4.74 Å². The number of fused-ring (bicyclic) bond motifs is 1. The number of nitrogens with one attached hydrogen (secondary N) is 1. The molecule has 0 saturated carbocycles. The molecule has 20 heavy (non-hydrogen) atoms. The summed E-state index contributed by atoms with van der Waals surface area (Å²) in [6.07, 6.45) is 1.05. The Morgan fingerprint density at radius 3 is 3.00 bits per heavy atom. The van der Waals surface area contributed by atoms with Crippen LogP contribution < -0.4 is 5.32 Å². The molecule has 4 heteroatoms. The number of aryl methyl sites for hydroxylation is 2. The van der Waals surface area contributed by atoms with E-state index in [1.54, 1.807) is 0 Å². The molecule has 0 amide bonds. The van der Waals surface area contributed by atoms with Crippen LogP contribution in [0.25, 0.3) is 0 Å². The summed E-state index contributed by atoms with van der Waals surface area (Å²) in [4.78, 5) is 0. The zero-order chi connectivity index (χ0) is 13.9. The average Bonchev–Trinajstić information content (AvgIpc) is 2.78. The predicted octanol–water partition coefficient (Wildman–Crippen LogP) is 2.09. The van der Waals surface area contributed by atoms with Crippen LogP contribution in [0.4, 0.5) is 0 Å². The van der Waals surface area contributed by atoms with Crippen LogP contribution in [0.15, 0.2) is 24.3 Å². The third-order valence-corrected chi connectivity index (χ3v) is 3.96. The van der Waals surface area contributed by atoms with Gasteiger partial charge in [0.1, 0.15) is 0 Å². The van der Waals surface area contributed by atoms with Gasteiger partial charge < -0.3 is 10.1 Å². The summed E-state index contributed by atoms with van der Waals surface area (Å²) in [6.45, 7) is 5.29. The van der Waals surface area contributed by atoms with E-state index in [0.29, 0.717) is 13.2 Å². The Bertz CT molecular complexity index is 604. The van der Waals surface area contributed by atoms with Gasteiger partial charge in [0.25, 0.3) is 0 Å². The molecule has 0 radical (unpaired) electrons. The maximum Gasteiger partial charge on any atom is 0.0929 e. The fourth-order valence-corrected chi connectivity index (χ4v) is 2.75. The van der Waals surface area contributed by atoms with E-state index < -0.39 is 0 Å². The highest BCUT2D eigenvalue weighted by molar-refractivity contribution is 5.28. The van der Waals surface area contributed by atoms with Gasteiger partial charge in [0.15, 0.2) is 0 Å². The van der Waals surface area contributed by atoms with Crippen LogP contribution in [-0.2, 0) is 38.0 Å². The largest absolute Gasteiger partial charge is 0.370 e. The molecule has 3 rings (SSSR count). The van der Waals surface area contributed by atoms with Crippen molar-refractivity contribution in [3.63, 3.8) is 0 Å². The fraction of sp³-hybridized carbons (Fsp3) is 0.438. The Kier molecular flexibility index (Phi) is 3.85. The van der Waals surface area contributed by atoms with E-state index in [-0.39, 0.29) is 0 Å². The standard InChI is InChI=1S/C16H21N3O/c1-12-5-3-4-6-13(12)10-20-11-15-14-9-17-8-7-16(14)19(2)18-15/h3-6,17H,7-11H2,1-2H3. The van der Waals surface area contributed by atoms with Gasteiger partial charge in [-0.3, -0.25) is 4.68 Å². The molecule has 2 heterocycles. The number of rotatable bonds is 4. The lowest BCUT2D eigenvalue weighted by molar-refractivity contribution is 0.103. The minimum absolute atomic E-state index is 0.583. The first kappa shape index (κ1) is 13.3. The summed E-state index contributed by atoms with van der Waals surface area (Å²) in [7, 11) is 2.02. The van der Waals surface area contributed by atoms with Crippen LogP contribution in [0, 0.1) is 6.92 Å². The number of hydrogen-bond donors (Lipinski definition) is 1. The van der Waals surface area contributed by atoms with E-state index in [0.717, 1.165) is 25.2 Å². The normalized spacial score (nSPS) is 14.3. The molecule has 0 saturated heterocycles. The summed E-state index contributed by atoms with van der Waals surface area (Å²) in [5.74, 6) is 0. The number of hydrogen-bond acceptors (Lipinski definition) is 3. The first-order valence-electron chi connectivity index (χ1n) is 7.12. The Morgan fingerprint density at radius 1 is 1.30 bits per heavy atom. The Labute approximate surface area is 119 Å². The van der Waals surface area contributed by atoms with Crippen molar-refractivity contribution >= 4 is 0 Å². The Morgan fingerprint density at radius 2 is 2.15 bits per heavy atom. The van der Waals surface area contributed by atoms with E-state index >= 15 is 0 Å². The molecule has 1 aromatic carbocycles. The van der Waals surface area contributed by atoms with Crippen molar-refractivity contribution in [1.29, 1.82) is 0 Å². The highest BCUT2D eigenvalue weighted by Gasteiger charge is 2.18. The molecule has 1 aliphatic heterocycles. The van der Waals surface area contributed by atoms with Gasteiger partial charge in [-0.05, 0) is 18.1 Å². The van der Waals surface area contributed by atoms with E-state index in [1.165, 1.54) is 22.4 Å². The van der Waals surface area contributed by atoms with Gasteiger partial charge in [-0.1, -0.05) is 24.3 Å². The number of nitrogens with zero attached hydrogens (tertiary/aromatic N) is 2. The predicted molar refractivity (Wildman–Crippen MR) is 78.3 cm³/mol. The maximum atomic E-state index is 5.86. The van der Waals surface area contributed by atoms with Gasteiger partial charge in [0.05, 0.1) is 18.9 Å². The molecule has 0 bridgehead atoms. The first-order chi connectivity index (χ1) is 9.75. The second-order valence-electron chi connectivity index (χ2n) is 5.34. The van der Waals surface area contributed by atoms with Crippen LogP contribution in [0.2, 0.25) is 0 Å². The summed E-state index contributed by atoms with van der Waals surface area (Å²) in [6, 6.07) is 8.34. The van der Waals surface area contributed by atoms with Gasteiger partial charge in [0, 0.05) is 37.8 Å². The van der Waals surface area contributed by atoms with Crippen LogP contribution >= 0.6 is 0 Å². The maximum absolute atomic E-state index is 5.86. The summed E-state index contributed by atoms with van der Waals surface area (Å²) >= 11 is 0. The topological polar surface area (TPSA) is 39.1 Å². The van der Waals surface area contributed by atoms with Crippen LogP contribution in [0.3, 0.4) is 0 Å². The van der Waals surface area contributed by atoms with Crippen molar-refractivity contribution in [3.05, 3.63) is 52.3 Å². The summed E-state index contributed by atoms with van der Waals surface area (Å²) < 4.78 is 7.87. The van der Waals surface area contributed by atoms with Crippen LogP contribution in [0.5, 0.6) is 0 Å². The van der Waals surface area contributed by atoms with Crippen molar-refractivity contribution in [1.82, 2.24) is 15.1 Å². The van der Waals surface area contributed by atoms with Crippen molar-refractivity contribution in [2.75, 3.05) is 6.54 Å². The molecule has 1 N–H and O–H groups in total. The fourth-order valence-electron chi connectivity index (χ4n) is 2.75. The first-order valence-corrected chi connectivity index (χ1v) is 7.12. The van der Waals surface area contributed by atoms with Crippen molar-refractivity contribution in [3.8, 4) is 0 Å². The number of benzene rings is 1. The van der Waals surface area contributed by atoms with E-state index in [1.807, 2.05) is 11.7 Å². The third kappa shape index (κ3) is 2.62.